The van der Waals surface area contributed by atoms with E-state index in [1.165, 1.54) is 0 Å². The maximum atomic E-state index is 11.1. The van der Waals surface area contributed by atoms with Crippen molar-refractivity contribution < 1.29 is 22.0 Å². The summed E-state index contributed by atoms with van der Waals surface area (Å²) in [5.74, 6) is -0.123. The van der Waals surface area contributed by atoms with E-state index in [-0.39, 0.29) is 5.88 Å². The number of hydrogen-bond acceptors (Lipinski definition) is 0. The van der Waals surface area contributed by atoms with Gasteiger partial charge in [-0.05, 0) is 23.2 Å². The first kappa shape index (κ1) is 16.2. The molecule has 0 nitrogen and oxygen atoms in total. The highest BCUT2D eigenvalue weighted by atomic mass is 35.5. The first-order chi connectivity index (χ1) is 5.52. The second-order valence-corrected chi connectivity index (χ2v) is 3.27. The molecule has 0 fully saturated rings. The van der Waals surface area contributed by atoms with E-state index in [4.69, 9.17) is 11.6 Å². The van der Waals surface area contributed by atoms with Gasteiger partial charge in [-0.15, -0.1) is 11.6 Å². The van der Waals surface area contributed by atoms with Gasteiger partial charge >= 0.3 is 10.8 Å². The highest BCUT2D eigenvalue weighted by Crippen LogP contribution is 2.40. The van der Waals surface area contributed by atoms with Gasteiger partial charge in [0.1, 0.15) is 0 Å². The normalized spacial score (nSPS) is 14.5. The van der Waals surface area contributed by atoms with Crippen molar-refractivity contribution in [2.24, 2.45) is 0 Å². The summed E-state index contributed by atoms with van der Waals surface area (Å²) >= 11 is 17.1. The standard InChI is InChI=1S/C2Cl2F4.C2H3Cl2F/c3-1(5,6)2(4,7)8;3-1-2(4)5/h;2H,1H2. The van der Waals surface area contributed by atoms with Gasteiger partial charge < -0.3 is 0 Å². The van der Waals surface area contributed by atoms with Crippen molar-refractivity contribution in [3.05, 3.63) is 0 Å². The van der Waals surface area contributed by atoms with Crippen LogP contribution in [0.5, 0.6) is 0 Å². The molecule has 0 saturated carbocycles. The second-order valence-electron chi connectivity index (χ2n) is 1.54. The molecule has 9 heteroatoms. The molecule has 13 heavy (non-hydrogen) atoms. The highest BCUT2D eigenvalue weighted by molar-refractivity contribution is 6.31. The van der Waals surface area contributed by atoms with Gasteiger partial charge in [0.15, 0.2) is 5.63 Å². The topological polar surface area (TPSA) is 0 Å². The Morgan fingerprint density at radius 1 is 1.00 bits per heavy atom. The smallest absolute Gasteiger partial charge is 0.229 e. The van der Waals surface area contributed by atoms with Gasteiger partial charge in [0, 0.05) is 0 Å². The minimum Gasteiger partial charge on any atom is -0.229 e. The molecule has 82 valence electrons. The lowest BCUT2D eigenvalue weighted by molar-refractivity contribution is -0.0960. The summed E-state index contributed by atoms with van der Waals surface area (Å²) < 4.78 is 55.5. The monoisotopic (exact) mass is 286 g/mol. The van der Waals surface area contributed by atoms with Crippen LogP contribution in [-0.4, -0.2) is 22.3 Å². The first-order valence-electron chi connectivity index (χ1n) is 2.50. The zero-order chi connectivity index (χ0) is 11.3. The molecular weight excluding hydrogens is 285 g/mol. The third-order valence-corrected chi connectivity index (χ3v) is 1.59. The Morgan fingerprint density at radius 3 is 1.15 bits per heavy atom. The Morgan fingerprint density at radius 2 is 1.15 bits per heavy atom. The molecule has 0 heterocycles. The van der Waals surface area contributed by atoms with Crippen molar-refractivity contribution in [2.75, 3.05) is 5.88 Å². The molecule has 0 aliphatic rings. The lowest BCUT2D eigenvalue weighted by Gasteiger charge is -2.11. The molecule has 0 bridgehead atoms. The predicted molar refractivity (Wildman–Crippen MR) is 43.1 cm³/mol. The minimum absolute atomic E-state index is 0.123. The van der Waals surface area contributed by atoms with Crippen LogP contribution in [0.2, 0.25) is 0 Å². The van der Waals surface area contributed by atoms with E-state index in [0.717, 1.165) is 0 Å². The Bertz CT molecular complexity index is 115. The van der Waals surface area contributed by atoms with Crippen LogP contribution in [0.4, 0.5) is 22.0 Å². The van der Waals surface area contributed by atoms with Crippen molar-refractivity contribution >= 4 is 46.4 Å². The van der Waals surface area contributed by atoms with E-state index in [1.54, 1.807) is 0 Å². The van der Waals surface area contributed by atoms with E-state index < -0.39 is 16.4 Å². The molecule has 0 aromatic rings. The fourth-order valence-electron chi connectivity index (χ4n) is 0. The third-order valence-electron chi connectivity index (χ3n) is 0.438. The Balaban J connectivity index is 0. The first-order valence-corrected chi connectivity index (χ1v) is 4.22. The van der Waals surface area contributed by atoms with E-state index in [1.807, 2.05) is 0 Å². The zero-order valence-electron chi connectivity index (χ0n) is 5.69. The Kier molecular flexibility index (Phi) is 7.90. The quantitative estimate of drug-likeness (QED) is 0.521. The molecule has 0 saturated heterocycles. The minimum atomic E-state index is -4.66. The summed E-state index contributed by atoms with van der Waals surface area (Å²) in [6.45, 7) is 0. The molecule has 0 aliphatic carbocycles. The molecule has 0 rings (SSSR count). The molecule has 1 atom stereocenters. The fraction of sp³-hybridized carbons (Fsp3) is 1.00. The molecule has 0 N–H and O–H groups in total. The van der Waals surface area contributed by atoms with Crippen molar-refractivity contribution in [1.82, 2.24) is 0 Å². The van der Waals surface area contributed by atoms with Crippen LogP contribution < -0.4 is 0 Å². The van der Waals surface area contributed by atoms with Gasteiger partial charge in [0.25, 0.3) is 0 Å². The van der Waals surface area contributed by atoms with Crippen molar-refractivity contribution in [3.8, 4) is 0 Å². The maximum Gasteiger partial charge on any atom is 0.398 e. The molecule has 0 aromatic heterocycles. The van der Waals surface area contributed by atoms with E-state index in [2.05, 4.69) is 34.8 Å². The lowest BCUT2D eigenvalue weighted by atomic mass is 10.7. The average molecular weight is 288 g/mol. The van der Waals surface area contributed by atoms with E-state index >= 15 is 0 Å². The SMILES string of the molecule is FC(Cl)CCl.FC(F)(Cl)C(F)(F)Cl. The highest BCUT2D eigenvalue weighted by Gasteiger charge is 2.53. The van der Waals surface area contributed by atoms with E-state index in [0.29, 0.717) is 0 Å². The number of rotatable bonds is 2. The van der Waals surface area contributed by atoms with Crippen molar-refractivity contribution in [2.45, 2.75) is 16.4 Å². The van der Waals surface area contributed by atoms with Gasteiger partial charge in [0.2, 0.25) is 0 Å². The molecule has 0 spiro atoms. The molecular formula is C4H3Cl4F5. The summed E-state index contributed by atoms with van der Waals surface area (Å²) in [4.78, 5) is 0. The molecule has 0 aliphatic heterocycles. The summed E-state index contributed by atoms with van der Waals surface area (Å²) in [6, 6.07) is 0. The summed E-state index contributed by atoms with van der Waals surface area (Å²) in [5.41, 5.74) is -1.38. The van der Waals surface area contributed by atoms with Crippen LogP contribution in [0.3, 0.4) is 0 Å². The lowest BCUT2D eigenvalue weighted by Crippen LogP contribution is -2.28. The van der Waals surface area contributed by atoms with Gasteiger partial charge in [0.05, 0.1) is 5.88 Å². The predicted octanol–water partition coefficient (Wildman–Crippen LogP) is 4.41. The van der Waals surface area contributed by atoms with Crippen LogP contribution in [0.25, 0.3) is 0 Å². The largest absolute Gasteiger partial charge is 0.398 e. The molecule has 0 radical (unpaired) electrons. The molecule has 0 aromatic carbocycles. The average Bonchev–Trinajstić information content (AvgIpc) is 1.84. The van der Waals surface area contributed by atoms with Gasteiger partial charge in [-0.2, -0.15) is 17.6 Å². The maximum absolute atomic E-state index is 11.1. The van der Waals surface area contributed by atoms with E-state index in [9.17, 15) is 22.0 Å². The van der Waals surface area contributed by atoms with Crippen molar-refractivity contribution in [3.63, 3.8) is 0 Å². The molecule has 1 unspecified atom stereocenters. The van der Waals surface area contributed by atoms with Gasteiger partial charge in [-0.25, -0.2) is 4.39 Å². The fourth-order valence-corrected chi connectivity index (χ4v) is 0. The van der Waals surface area contributed by atoms with Crippen LogP contribution in [-0.2, 0) is 0 Å². The zero-order valence-corrected chi connectivity index (χ0v) is 8.71. The van der Waals surface area contributed by atoms with Gasteiger partial charge in [-0.3, -0.25) is 0 Å². The third kappa shape index (κ3) is 10.7. The summed E-state index contributed by atoms with van der Waals surface area (Å²) in [5, 5.41) is -9.32. The Hall–Kier alpha value is 0.810. The second kappa shape index (κ2) is 6.32. The summed E-state index contributed by atoms with van der Waals surface area (Å²) in [6.07, 6.45) is 0. The van der Waals surface area contributed by atoms with Gasteiger partial charge in [-0.1, -0.05) is 11.6 Å². The number of alkyl halides is 9. The number of halogens is 9. The van der Waals surface area contributed by atoms with Crippen molar-refractivity contribution in [1.29, 1.82) is 0 Å². The number of hydrogen-bond donors (Lipinski definition) is 0. The van der Waals surface area contributed by atoms with Crippen LogP contribution in [0.15, 0.2) is 0 Å². The summed E-state index contributed by atoms with van der Waals surface area (Å²) in [7, 11) is 0. The van der Waals surface area contributed by atoms with Crippen LogP contribution >= 0.6 is 46.4 Å². The van der Waals surface area contributed by atoms with Crippen LogP contribution in [0.1, 0.15) is 0 Å². The Labute approximate surface area is 90.9 Å². The van der Waals surface area contributed by atoms with Crippen LogP contribution in [0, 0.1) is 0 Å². The molecule has 0 amide bonds.